The minimum Gasteiger partial charge on any atom is -0.385 e. The lowest BCUT2D eigenvalue weighted by Crippen LogP contribution is -2.65. The maximum atomic E-state index is 4.59. The summed E-state index contributed by atoms with van der Waals surface area (Å²) < 4.78 is 5.05. The predicted molar refractivity (Wildman–Crippen MR) is 106 cm³/mol. The Morgan fingerprint density at radius 1 is 0.958 bits per heavy atom. The van der Waals surface area contributed by atoms with E-state index in [9.17, 15) is 0 Å². The summed E-state index contributed by atoms with van der Waals surface area (Å²) in [5.41, 5.74) is 0.996. The van der Waals surface area contributed by atoms with Crippen molar-refractivity contribution in [2.75, 3.05) is 10.7 Å². The summed E-state index contributed by atoms with van der Waals surface area (Å²) in [4.78, 5) is 13.4. The molecule has 3 aliphatic heterocycles. The summed E-state index contributed by atoms with van der Waals surface area (Å²) in [6, 6.07) is 8.39. The molecule has 5 nitrogen and oxygen atoms in total. The number of rotatable bonds is 5. The van der Waals surface area contributed by atoms with Gasteiger partial charge in [0.25, 0.3) is 0 Å². The normalized spacial score (nSPS) is 19.8. The summed E-state index contributed by atoms with van der Waals surface area (Å²) >= 11 is 0. The highest BCUT2D eigenvalue weighted by molar-refractivity contribution is 6.92. The average molecular weight is 362 g/mol. The molecule has 3 rings (SSSR count). The van der Waals surface area contributed by atoms with Crippen LogP contribution in [-0.2, 0) is 7.05 Å². The van der Waals surface area contributed by atoms with Gasteiger partial charge >= 0.3 is 0 Å². The number of aryl methyl sites for hydroxylation is 1. The van der Waals surface area contributed by atoms with Crippen molar-refractivity contribution in [1.29, 1.82) is 0 Å². The van der Waals surface area contributed by atoms with Crippen molar-refractivity contribution in [3.63, 3.8) is 0 Å². The van der Waals surface area contributed by atoms with Crippen LogP contribution >= 0.6 is 0 Å². The Balaban J connectivity index is 2.15. The van der Waals surface area contributed by atoms with Crippen LogP contribution < -0.4 is 4.57 Å². The van der Waals surface area contributed by atoms with E-state index in [1.807, 2.05) is 6.33 Å². The number of hydrogen-bond acceptors (Lipinski definition) is 4. The molecule has 0 amide bonds. The first-order valence-electron chi connectivity index (χ1n) is 9.44. The number of anilines is 1. The lowest BCUT2D eigenvalue weighted by atomic mass is 10.4. The molecule has 0 unspecified atom stereocenters. The first-order valence-corrected chi connectivity index (χ1v) is 14.8. The van der Waals surface area contributed by atoms with Gasteiger partial charge in [0.1, 0.15) is 17.8 Å². The van der Waals surface area contributed by atoms with Gasteiger partial charge in [0.05, 0.1) is 14.4 Å². The topological polar surface area (TPSA) is 46.8 Å². The van der Waals surface area contributed by atoms with E-state index in [-0.39, 0.29) is 0 Å². The van der Waals surface area contributed by atoms with E-state index in [1.54, 1.807) is 6.33 Å². The molecular formula is C17H31N5Si2. The lowest BCUT2D eigenvalue weighted by molar-refractivity contribution is 0.821. The van der Waals surface area contributed by atoms with Gasteiger partial charge < -0.3 is 9.13 Å². The Bertz CT molecular complexity index is 663. The van der Waals surface area contributed by atoms with Crippen LogP contribution in [-0.4, -0.2) is 42.0 Å². The molecule has 0 bridgehead atoms. The average Bonchev–Trinajstić information content (AvgIpc) is 3.10. The van der Waals surface area contributed by atoms with E-state index in [0.29, 0.717) is 0 Å². The maximum absolute atomic E-state index is 4.59. The van der Waals surface area contributed by atoms with Gasteiger partial charge in [0.2, 0.25) is 0 Å². The molecule has 7 heteroatoms. The quantitative estimate of drug-likeness (QED) is 0.751. The minimum atomic E-state index is -1.49. The van der Waals surface area contributed by atoms with Gasteiger partial charge in [-0.1, -0.05) is 45.8 Å². The number of fused-ring (bicyclic) bond motifs is 1. The Morgan fingerprint density at radius 2 is 1.67 bits per heavy atom. The number of hydrogen-bond donors (Lipinski definition) is 0. The van der Waals surface area contributed by atoms with Crippen LogP contribution in [0, 0.1) is 0 Å². The molecule has 0 atom stereocenters. The zero-order valence-corrected chi connectivity index (χ0v) is 17.8. The fourth-order valence-corrected chi connectivity index (χ4v) is 16.4. The SMILES string of the molecule is CC[Si]1(CC)CC[Si](CC)(CC)N(c2c3ncnc-3ncn2C)C1. The largest absolute Gasteiger partial charge is 0.385 e. The molecule has 3 heterocycles. The molecule has 0 spiro atoms. The van der Waals surface area contributed by atoms with Gasteiger partial charge in [0.15, 0.2) is 14.1 Å². The zero-order valence-electron chi connectivity index (χ0n) is 15.8. The molecule has 132 valence electrons. The van der Waals surface area contributed by atoms with E-state index >= 15 is 0 Å². The van der Waals surface area contributed by atoms with Crippen molar-refractivity contribution in [2.45, 2.75) is 64.0 Å². The van der Waals surface area contributed by atoms with Gasteiger partial charge in [-0.2, -0.15) is 0 Å². The van der Waals surface area contributed by atoms with Crippen LogP contribution in [0.5, 0.6) is 0 Å². The maximum Gasteiger partial charge on any atom is 0.184 e. The van der Waals surface area contributed by atoms with Crippen LogP contribution in [0.3, 0.4) is 0 Å². The molecule has 0 radical (unpaired) electrons. The van der Waals surface area contributed by atoms with Gasteiger partial charge in [-0.15, -0.1) is 0 Å². The number of nitrogens with zero attached hydrogens (tertiary/aromatic N) is 5. The summed E-state index contributed by atoms with van der Waals surface area (Å²) in [5, 5.41) is 0. The van der Waals surface area contributed by atoms with E-state index in [0.717, 1.165) is 11.5 Å². The number of aromatic nitrogens is 4. The summed E-state index contributed by atoms with van der Waals surface area (Å²) in [6.45, 7) is 9.66. The predicted octanol–water partition coefficient (Wildman–Crippen LogP) is 4.15. The molecule has 3 aliphatic rings. The third-order valence-corrected chi connectivity index (χ3v) is 18.2. The fraction of sp³-hybridized carbons (Fsp3) is 0.706. The van der Waals surface area contributed by atoms with Crippen LogP contribution in [0.15, 0.2) is 12.7 Å². The zero-order chi connectivity index (χ0) is 17.4. The lowest BCUT2D eigenvalue weighted by Gasteiger charge is -2.53. The Kier molecular flexibility index (Phi) is 4.83. The van der Waals surface area contributed by atoms with Crippen molar-refractivity contribution in [3.8, 4) is 11.5 Å². The second kappa shape index (κ2) is 6.59. The van der Waals surface area contributed by atoms with Crippen molar-refractivity contribution in [3.05, 3.63) is 12.7 Å². The molecule has 0 aromatic carbocycles. The van der Waals surface area contributed by atoms with Crippen LogP contribution in [0.2, 0.25) is 36.3 Å². The Labute approximate surface area is 148 Å². The minimum absolute atomic E-state index is 0.795. The van der Waals surface area contributed by atoms with Crippen molar-refractivity contribution in [2.24, 2.45) is 7.05 Å². The number of imidazole rings is 1. The Hall–Kier alpha value is -1.22. The van der Waals surface area contributed by atoms with Crippen molar-refractivity contribution < 1.29 is 0 Å². The van der Waals surface area contributed by atoms with Crippen LogP contribution in [0.1, 0.15) is 27.7 Å². The van der Waals surface area contributed by atoms with Crippen molar-refractivity contribution in [1.82, 2.24) is 19.5 Å². The monoisotopic (exact) mass is 361 g/mol. The smallest absolute Gasteiger partial charge is 0.184 e. The van der Waals surface area contributed by atoms with Crippen LogP contribution in [0.4, 0.5) is 5.82 Å². The summed E-state index contributed by atoms with van der Waals surface area (Å²) in [5.74, 6) is 2.08. The highest BCUT2D eigenvalue weighted by atomic mass is 28.3. The first-order chi connectivity index (χ1) is 11.5. The standard InChI is InChI=1S/C17H31N5Si2/c1-6-23(7-2)10-11-24(8-3,9-4)22(14-23)17-15-16(19-12-18-15)20-13-21(17)5/h12-13H,6-11,14H2,1-5H3. The molecule has 0 aromatic rings. The van der Waals surface area contributed by atoms with Gasteiger partial charge in [-0.3, -0.25) is 0 Å². The highest BCUT2D eigenvalue weighted by Gasteiger charge is 2.48. The fourth-order valence-electron chi connectivity index (χ4n) is 4.52. The molecular weight excluding hydrogens is 330 g/mol. The van der Waals surface area contributed by atoms with Gasteiger partial charge in [0, 0.05) is 13.2 Å². The molecule has 0 N–H and O–H groups in total. The second-order valence-corrected chi connectivity index (χ2v) is 17.6. The van der Waals surface area contributed by atoms with Gasteiger partial charge in [-0.05, 0) is 18.1 Å². The van der Waals surface area contributed by atoms with E-state index < -0.39 is 16.3 Å². The molecule has 0 saturated carbocycles. The van der Waals surface area contributed by atoms with Gasteiger partial charge in [-0.25, -0.2) is 15.0 Å². The second-order valence-electron chi connectivity index (χ2n) is 7.45. The Morgan fingerprint density at radius 3 is 2.29 bits per heavy atom. The third-order valence-electron chi connectivity index (χ3n) is 6.74. The molecule has 1 fully saturated rings. The third kappa shape index (κ3) is 2.61. The molecule has 0 aromatic heterocycles. The first kappa shape index (κ1) is 17.6. The summed E-state index contributed by atoms with van der Waals surface area (Å²) in [6.07, 6.45) is 4.89. The van der Waals surface area contributed by atoms with E-state index in [4.69, 9.17) is 0 Å². The molecule has 0 aliphatic carbocycles. The summed E-state index contributed by atoms with van der Waals surface area (Å²) in [7, 11) is -0.580. The van der Waals surface area contributed by atoms with E-state index in [1.165, 1.54) is 48.3 Å². The molecule has 24 heavy (non-hydrogen) atoms. The van der Waals surface area contributed by atoms with Crippen LogP contribution in [0.25, 0.3) is 11.5 Å². The highest BCUT2D eigenvalue weighted by Crippen LogP contribution is 2.43. The molecule has 1 saturated heterocycles. The van der Waals surface area contributed by atoms with E-state index in [2.05, 4.69) is 58.8 Å². The van der Waals surface area contributed by atoms with Crippen molar-refractivity contribution >= 4 is 22.1 Å².